The minimum atomic E-state index is 0.224. The number of hydrogen-bond donors (Lipinski definition) is 2. The highest BCUT2D eigenvalue weighted by molar-refractivity contribution is 5.93. The normalized spacial score (nSPS) is 21.4. The molecule has 2 saturated carbocycles. The molecule has 0 radical (unpaired) electrons. The summed E-state index contributed by atoms with van der Waals surface area (Å²) in [5.41, 5.74) is 2.03. The van der Waals surface area contributed by atoms with Gasteiger partial charge in [0.25, 0.3) is 0 Å². The smallest absolute Gasteiger partial charge is 0.228 e. The molecular formula is C17H22N2O2. The van der Waals surface area contributed by atoms with Crippen molar-refractivity contribution in [3.63, 3.8) is 0 Å². The van der Waals surface area contributed by atoms with Crippen LogP contribution in [0.2, 0.25) is 0 Å². The minimum absolute atomic E-state index is 0.224. The largest absolute Gasteiger partial charge is 0.492 e. The van der Waals surface area contributed by atoms with Gasteiger partial charge in [0.05, 0.1) is 0 Å². The zero-order valence-electron chi connectivity index (χ0n) is 12.2. The van der Waals surface area contributed by atoms with Crippen molar-refractivity contribution in [2.45, 2.75) is 32.2 Å². The summed E-state index contributed by atoms with van der Waals surface area (Å²) in [6.07, 6.45) is 4.93. The number of ether oxygens (including phenoxy) is 1. The van der Waals surface area contributed by atoms with E-state index in [0.29, 0.717) is 18.4 Å². The van der Waals surface area contributed by atoms with Gasteiger partial charge in [-0.15, -0.1) is 0 Å². The molecule has 4 rings (SSSR count). The van der Waals surface area contributed by atoms with Crippen LogP contribution in [-0.4, -0.2) is 19.1 Å². The van der Waals surface area contributed by atoms with Crippen molar-refractivity contribution in [2.75, 3.05) is 18.5 Å². The third-order valence-electron chi connectivity index (χ3n) is 4.74. The Kier molecular flexibility index (Phi) is 3.34. The molecule has 0 spiro atoms. The van der Waals surface area contributed by atoms with Crippen LogP contribution < -0.4 is 15.4 Å². The predicted molar refractivity (Wildman–Crippen MR) is 81.2 cm³/mol. The van der Waals surface area contributed by atoms with Gasteiger partial charge < -0.3 is 15.4 Å². The van der Waals surface area contributed by atoms with Gasteiger partial charge in [-0.05, 0) is 55.7 Å². The van der Waals surface area contributed by atoms with Gasteiger partial charge in [0, 0.05) is 30.3 Å². The molecule has 4 nitrogen and oxygen atoms in total. The Labute approximate surface area is 125 Å². The Morgan fingerprint density at radius 1 is 1.24 bits per heavy atom. The number of nitrogens with one attached hydrogen (secondary N) is 2. The Hall–Kier alpha value is -1.55. The van der Waals surface area contributed by atoms with Gasteiger partial charge in [-0.1, -0.05) is 0 Å². The van der Waals surface area contributed by atoms with Gasteiger partial charge in [-0.2, -0.15) is 0 Å². The molecule has 0 aromatic heterocycles. The average molecular weight is 286 g/mol. The van der Waals surface area contributed by atoms with Crippen molar-refractivity contribution in [3.05, 3.63) is 23.8 Å². The molecule has 2 aliphatic carbocycles. The van der Waals surface area contributed by atoms with E-state index in [-0.39, 0.29) is 11.8 Å². The summed E-state index contributed by atoms with van der Waals surface area (Å²) in [4.78, 5) is 12.6. The van der Waals surface area contributed by atoms with Crippen LogP contribution in [0.3, 0.4) is 0 Å². The first-order chi connectivity index (χ1) is 10.3. The fourth-order valence-electron chi connectivity index (χ4n) is 3.34. The predicted octanol–water partition coefficient (Wildman–Crippen LogP) is 2.54. The van der Waals surface area contributed by atoms with E-state index >= 15 is 0 Å². The van der Waals surface area contributed by atoms with Crippen LogP contribution >= 0.6 is 0 Å². The van der Waals surface area contributed by atoms with Crippen LogP contribution in [-0.2, 0) is 11.3 Å². The van der Waals surface area contributed by atoms with Gasteiger partial charge >= 0.3 is 0 Å². The van der Waals surface area contributed by atoms with E-state index in [4.69, 9.17) is 4.74 Å². The zero-order chi connectivity index (χ0) is 14.2. The molecule has 1 aromatic carbocycles. The number of fused-ring (bicyclic) bond motifs is 1. The van der Waals surface area contributed by atoms with Crippen molar-refractivity contribution < 1.29 is 9.53 Å². The van der Waals surface area contributed by atoms with E-state index in [2.05, 4.69) is 10.6 Å². The molecule has 4 heteroatoms. The van der Waals surface area contributed by atoms with E-state index in [1.807, 2.05) is 18.2 Å². The van der Waals surface area contributed by atoms with Crippen molar-refractivity contribution >= 4 is 11.6 Å². The van der Waals surface area contributed by atoms with Crippen LogP contribution in [0.5, 0.6) is 5.75 Å². The molecule has 1 aromatic rings. The molecule has 1 heterocycles. The molecule has 1 aliphatic heterocycles. The standard InChI is InChI=1S/C17H22N2O2/c20-17(16(11-1-2-11)12-3-4-12)19-14-5-6-15-13(9-14)10-18-7-8-21-15/h5-6,9,11-12,16,18H,1-4,7-8,10H2,(H,19,20). The van der Waals surface area contributed by atoms with E-state index < -0.39 is 0 Å². The third-order valence-corrected chi connectivity index (χ3v) is 4.74. The van der Waals surface area contributed by atoms with Crippen LogP contribution in [0.4, 0.5) is 5.69 Å². The average Bonchev–Trinajstić information content (AvgIpc) is 3.34. The summed E-state index contributed by atoms with van der Waals surface area (Å²) in [5, 5.41) is 6.46. The van der Waals surface area contributed by atoms with E-state index in [9.17, 15) is 4.79 Å². The Balaban J connectivity index is 1.48. The molecule has 112 valence electrons. The van der Waals surface area contributed by atoms with E-state index in [0.717, 1.165) is 30.1 Å². The number of amides is 1. The number of anilines is 1. The molecule has 0 unspecified atom stereocenters. The monoisotopic (exact) mass is 286 g/mol. The number of benzene rings is 1. The Morgan fingerprint density at radius 3 is 2.71 bits per heavy atom. The van der Waals surface area contributed by atoms with Crippen LogP contribution in [0, 0.1) is 17.8 Å². The summed E-state index contributed by atoms with van der Waals surface area (Å²) < 4.78 is 5.68. The van der Waals surface area contributed by atoms with E-state index in [1.54, 1.807) is 0 Å². The fraction of sp³-hybridized carbons (Fsp3) is 0.588. The molecule has 0 bridgehead atoms. The van der Waals surface area contributed by atoms with Crippen molar-refractivity contribution in [3.8, 4) is 5.75 Å². The van der Waals surface area contributed by atoms with Crippen molar-refractivity contribution in [1.29, 1.82) is 0 Å². The molecule has 1 amide bonds. The second kappa shape index (κ2) is 5.34. The number of hydrogen-bond acceptors (Lipinski definition) is 3. The molecule has 0 atom stereocenters. The van der Waals surface area contributed by atoms with E-state index in [1.165, 1.54) is 25.7 Å². The zero-order valence-corrected chi connectivity index (χ0v) is 12.2. The highest BCUT2D eigenvalue weighted by Crippen LogP contribution is 2.49. The van der Waals surface area contributed by atoms with Crippen LogP contribution in [0.1, 0.15) is 31.2 Å². The summed E-state index contributed by atoms with van der Waals surface area (Å²) in [7, 11) is 0. The molecule has 0 saturated heterocycles. The summed E-state index contributed by atoms with van der Waals surface area (Å²) in [6.45, 7) is 2.36. The lowest BCUT2D eigenvalue weighted by molar-refractivity contribution is -0.121. The Bertz CT molecular complexity index is 538. The van der Waals surface area contributed by atoms with Gasteiger partial charge in [0.2, 0.25) is 5.91 Å². The fourth-order valence-corrected chi connectivity index (χ4v) is 3.34. The van der Waals surface area contributed by atoms with Gasteiger partial charge in [-0.3, -0.25) is 4.79 Å². The van der Waals surface area contributed by atoms with Gasteiger partial charge in [0.15, 0.2) is 0 Å². The van der Waals surface area contributed by atoms with Crippen molar-refractivity contribution in [2.24, 2.45) is 17.8 Å². The summed E-state index contributed by atoms with van der Waals surface area (Å²) >= 11 is 0. The first-order valence-corrected chi connectivity index (χ1v) is 8.08. The quantitative estimate of drug-likeness (QED) is 0.894. The minimum Gasteiger partial charge on any atom is -0.492 e. The summed E-state index contributed by atoms with van der Waals surface area (Å²) in [6, 6.07) is 5.97. The topological polar surface area (TPSA) is 50.4 Å². The number of rotatable bonds is 4. The summed E-state index contributed by atoms with van der Waals surface area (Å²) in [5.74, 6) is 2.69. The Morgan fingerprint density at radius 2 is 2.00 bits per heavy atom. The lowest BCUT2D eigenvalue weighted by atomic mass is 9.97. The second-order valence-electron chi connectivity index (χ2n) is 6.54. The highest BCUT2D eigenvalue weighted by Gasteiger charge is 2.45. The maximum Gasteiger partial charge on any atom is 0.228 e. The first kappa shape index (κ1) is 13.1. The lowest BCUT2D eigenvalue weighted by Crippen LogP contribution is -2.26. The SMILES string of the molecule is O=C(Nc1ccc2c(c1)CNCCO2)C(C1CC1)C1CC1. The molecular weight excluding hydrogens is 264 g/mol. The number of carbonyl (C=O) groups is 1. The molecule has 2 fully saturated rings. The number of carbonyl (C=O) groups excluding carboxylic acids is 1. The third kappa shape index (κ3) is 2.91. The van der Waals surface area contributed by atoms with Crippen LogP contribution in [0.15, 0.2) is 18.2 Å². The lowest BCUT2D eigenvalue weighted by Gasteiger charge is -2.16. The van der Waals surface area contributed by atoms with Crippen molar-refractivity contribution in [1.82, 2.24) is 5.32 Å². The highest BCUT2D eigenvalue weighted by atomic mass is 16.5. The maximum atomic E-state index is 12.6. The molecule has 3 aliphatic rings. The molecule has 21 heavy (non-hydrogen) atoms. The maximum absolute atomic E-state index is 12.6. The molecule has 2 N–H and O–H groups in total. The second-order valence-corrected chi connectivity index (χ2v) is 6.54. The first-order valence-electron chi connectivity index (χ1n) is 8.08. The van der Waals surface area contributed by atoms with Gasteiger partial charge in [-0.25, -0.2) is 0 Å². The van der Waals surface area contributed by atoms with Gasteiger partial charge in [0.1, 0.15) is 12.4 Å². The van der Waals surface area contributed by atoms with Crippen LogP contribution in [0.25, 0.3) is 0 Å².